The zero-order valence-corrected chi connectivity index (χ0v) is 23.1. The molecule has 0 aliphatic heterocycles. The van der Waals surface area contributed by atoms with E-state index in [0.29, 0.717) is 27.8 Å². The van der Waals surface area contributed by atoms with E-state index in [1.54, 1.807) is 18.2 Å². The van der Waals surface area contributed by atoms with Crippen LogP contribution in [0.25, 0.3) is 0 Å². The maximum Gasteiger partial charge on any atom is 0.261 e. The molecule has 0 aliphatic carbocycles. The van der Waals surface area contributed by atoms with E-state index in [4.69, 9.17) is 27.9 Å². The van der Waals surface area contributed by atoms with Crippen molar-refractivity contribution in [1.29, 1.82) is 0 Å². The molecule has 3 aromatic rings. The lowest BCUT2D eigenvalue weighted by Gasteiger charge is -2.32. The molecular formula is C30H34Cl2N2O3. The Morgan fingerprint density at radius 2 is 1.54 bits per heavy atom. The highest BCUT2D eigenvalue weighted by molar-refractivity contribution is 6.36. The molecule has 196 valence electrons. The summed E-state index contributed by atoms with van der Waals surface area (Å²) in [6.45, 7) is 5.86. The average molecular weight is 542 g/mol. The van der Waals surface area contributed by atoms with Crippen LogP contribution in [0.5, 0.6) is 5.75 Å². The van der Waals surface area contributed by atoms with Crippen LogP contribution in [0.3, 0.4) is 0 Å². The number of ether oxygens (including phenoxy) is 1. The van der Waals surface area contributed by atoms with Crippen molar-refractivity contribution in [1.82, 2.24) is 10.2 Å². The second-order valence-corrected chi connectivity index (χ2v) is 9.85. The molecule has 0 heterocycles. The molecule has 0 saturated heterocycles. The van der Waals surface area contributed by atoms with Gasteiger partial charge in [-0.05, 0) is 55.2 Å². The van der Waals surface area contributed by atoms with Gasteiger partial charge in [0.25, 0.3) is 5.91 Å². The first-order chi connectivity index (χ1) is 17.8. The van der Waals surface area contributed by atoms with Crippen LogP contribution < -0.4 is 10.1 Å². The third-order valence-electron chi connectivity index (χ3n) is 6.36. The lowest BCUT2D eigenvalue weighted by molar-refractivity contribution is -0.143. The van der Waals surface area contributed by atoms with E-state index in [-0.39, 0.29) is 31.0 Å². The molecule has 37 heavy (non-hydrogen) atoms. The Balaban J connectivity index is 1.94. The standard InChI is InChI=1S/C30H34Cl2N2O3/c1-4-21(3)33-30(36)28(18-23-10-7-6-8-11-23)34(19-25-26(31)12-9-13-27(25)32)29(35)20-37-24-16-14-22(5-2)15-17-24/h6-17,21,28H,4-5,18-20H2,1-3H3,(H,33,36)/t21-,28-/m1/s1. The Morgan fingerprint density at radius 3 is 2.14 bits per heavy atom. The molecule has 2 amide bonds. The van der Waals surface area contributed by atoms with Crippen LogP contribution in [0.4, 0.5) is 0 Å². The number of nitrogens with one attached hydrogen (secondary N) is 1. The SMILES string of the molecule is CCc1ccc(OCC(=O)N(Cc2c(Cl)cccc2Cl)[C@H](Cc2ccccc2)C(=O)N[C@H](C)CC)cc1. The number of nitrogens with zero attached hydrogens (tertiary/aromatic N) is 1. The van der Waals surface area contributed by atoms with Crippen molar-refractivity contribution in [3.63, 3.8) is 0 Å². The van der Waals surface area contributed by atoms with E-state index in [2.05, 4.69) is 12.2 Å². The average Bonchev–Trinajstić information content (AvgIpc) is 2.91. The van der Waals surface area contributed by atoms with Crippen molar-refractivity contribution in [3.05, 3.63) is 99.5 Å². The summed E-state index contributed by atoms with van der Waals surface area (Å²) in [5.74, 6) is 0.0164. The van der Waals surface area contributed by atoms with Crippen molar-refractivity contribution in [3.8, 4) is 5.75 Å². The van der Waals surface area contributed by atoms with Gasteiger partial charge in [0.2, 0.25) is 5.91 Å². The smallest absolute Gasteiger partial charge is 0.261 e. The zero-order valence-electron chi connectivity index (χ0n) is 21.5. The Labute approximate surface area is 229 Å². The molecule has 5 nitrogen and oxygen atoms in total. The van der Waals surface area contributed by atoms with Crippen molar-refractivity contribution in [2.75, 3.05) is 6.61 Å². The zero-order chi connectivity index (χ0) is 26.8. The Hall–Kier alpha value is -3.02. The maximum absolute atomic E-state index is 13.7. The fourth-order valence-corrected chi connectivity index (χ4v) is 4.42. The summed E-state index contributed by atoms with van der Waals surface area (Å²) >= 11 is 13.0. The Bertz CT molecular complexity index is 1150. The minimum absolute atomic E-state index is 0.0417. The first-order valence-electron chi connectivity index (χ1n) is 12.6. The maximum atomic E-state index is 13.7. The van der Waals surface area contributed by atoms with Crippen molar-refractivity contribution in [2.24, 2.45) is 0 Å². The fraction of sp³-hybridized carbons (Fsp3) is 0.333. The van der Waals surface area contributed by atoms with Crippen LogP contribution in [0.1, 0.15) is 43.9 Å². The number of carbonyl (C=O) groups is 2. The summed E-state index contributed by atoms with van der Waals surface area (Å²) < 4.78 is 5.84. The predicted molar refractivity (Wildman–Crippen MR) is 150 cm³/mol. The molecule has 2 atom stereocenters. The summed E-state index contributed by atoms with van der Waals surface area (Å²) in [4.78, 5) is 28.8. The third kappa shape index (κ3) is 8.24. The van der Waals surface area contributed by atoms with Gasteiger partial charge in [-0.15, -0.1) is 0 Å². The van der Waals surface area contributed by atoms with E-state index >= 15 is 0 Å². The minimum atomic E-state index is -0.790. The third-order valence-corrected chi connectivity index (χ3v) is 7.06. The van der Waals surface area contributed by atoms with Gasteiger partial charge >= 0.3 is 0 Å². The first kappa shape index (κ1) is 28.5. The topological polar surface area (TPSA) is 58.6 Å². The van der Waals surface area contributed by atoms with Crippen LogP contribution in [0.15, 0.2) is 72.8 Å². The number of rotatable bonds is 12. The van der Waals surface area contributed by atoms with Gasteiger partial charge in [0.05, 0.1) is 0 Å². The highest BCUT2D eigenvalue weighted by Crippen LogP contribution is 2.27. The van der Waals surface area contributed by atoms with Crippen LogP contribution >= 0.6 is 23.2 Å². The number of halogens is 2. The molecule has 3 rings (SSSR count). The molecule has 3 aromatic carbocycles. The van der Waals surface area contributed by atoms with E-state index in [9.17, 15) is 9.59 Å². The Kier molecular flexibility index (Phi) is 10.8. The van der Waals surface area contributed by atoms with Crippen LogP contribution in [-0.2, 0) is 29.0 Å². The van der Waals surface area contributed by atoms with Gasteiger partial charge in [0.1, 0.15) is 11.8 Å². The van der Waals surface area contributed by atoms with E-state index in [1.165, 1.54) is 10.5 Å². The number of hydrogen-bond donors (Lipinski definition) is 1. The molecule has 0 bridgehead atoms. The molecule has 0 aromatic heterocycles. The van der Waals surface area contributed by atoms with Crippen LogP contribution in [0.2, 0.25) is 10.0 Å². The van der Waals surface area contributed by atoms with Crippen LogP contribution in [-0.4, -0.2) is 35.4 Å². The molecule has 0 spiro atoms. The van der Waals surface area contributed by atoms with Gasteiger partial charge < -0.3 is 15.0 Å². The van der Waals surface area contributed by atoms with Gasteiger partial charge in [-0.2, -0.15) is 0 Å². The molecule has 0 saturated carbocycles. The second-order valence-electron chi connectivity index (χ2n) is 9.03. The molecular weight excluding hydrogens is 507 g/mol. The number of hydrogen-bond acceptors (Lipinski definition) is 3. The van der Waals surface area contributed by atoms with Gasteiger partial charge in [-0.3, -0.25) is 9.59 Å². The Morgan fingerprint density at radius 1 is 0.892 bits per heavy atom. The summed E-state index contributed by atoms with van der Waals surface area (Å²) in [6.07, 6.45) is 2.02. The molecule has 0 aliphatic rings. The van der Waals surface area contributed by atoms with E-state index < -0.39 is 6.04 Å². The summed E-state index contributed by atoms with van der Waals surface area (Å²) in [5.41, 5.74) is 2.70. The second kappa shape index (κ2) is 14.1. The highest BCUT2D eigenvalue weighted by Gasteiger charge is 2.32. The van der Waals surface area contributed by atoms with Gasteiger partial charge in [-0.25, -0.2) is 0 Å². The number of aryl methyl sites for hydroxylation is 1. The lowest BCUT2D eigenvalue weighted by Crippen LogP contribution is -2.53. The van der Waals surface area contributed by atoms with E-state index in [0.717, 1.165) is 18.4 Å². The van der Waals surface area contributed by atoms with Gasteiger partial charge in [-0.1, -0.05) is 85.6 Å². The quantitative estimate of drug-likeness (QED) is 0.285. The fourth-order valence-electron chi connectivity index (χ4n) is 3.90. The van der Waals surface area contributed by atoms with Crippen molar-refractivity contribution < 1.29 is 14.3 Å². The van der Waals surface area contributed by atoms with Crippen LogP contribution in [0, 0.1) is 0 Å². The summed E-state index contributed by atoms with van der Waals surface area (Å²) in [7, 11) is 0. The molecule has 1 N–H and O–H groups in total. The van der Waals surface area contributed by atoms with E-state index in [1.807, 2.05) is 68.4 Å². The molecule has 0 radical (unpaired) electrons. The minimum Gasteiger partial charge on any atom is -0.484 e. The monoisotopic (exact) mass is 540 g/mol. The normalized spacial score (nSPS) is 12.5. The largest absolute Gasteiger partial charge is 0.484 e. The molecule has 7 heteroatoms. The summed E-state index contributed by atoms with van der Waals surface area (Å²) in [5, 5.41) is 3.91. The van der Waals surface area contributed by atoms with Crippen molar-refractivity contribution >= 4 is 35.0 Å². The summed E-state index contributed by atoms with van der Waals surface area (Å²) in [6, 6.07) is 21.6. The molecule has 0 fully saturated rings. The number of carbonyl (C=O) groups excluding carboxylic acids is 2. The number of benzene rings is 3. The number of amides is 2. The lowest BCUT2D eigenvalue weighted by atomic mass is 10.0. The van der Waals surface area contributed by atoms with Gasteiger partial charge in [0, 0.05) is 34.6 Å². The van der Waals surface area contributed by atoms with Crippen molar-refractivity contribution in [2.45, 2.75) is 58.7 Å². The highest BCUT2D eigenvalue weighted by atomic mass is 35.5. The van der Waals surface area contributed by atoms with Gasteiger partial charge in [0.15, 0.2) is 6.61 Å². The predicted octanol–water partition coefficient (Wildman–Crippen LogP) is 6.49. The molecule has 0 unspecified atom stereocenters. The first-order valence-corrected chi connectivity index (χ1v) is 13.4.